The zero-order valence-corrected chi connectivity index (χ0v) is 9.13. The molecule has 0 aliphatic rings. The largest absolute Gasteiger partial charge is 0.484 e. The summed E-state index contributed by atoms with van der Waals surface area (Å²) in [6.45, 7) is 1.97. The lowest BCUT2D eigenvalue weighted by molar-refractivity contribution is 0.222. The number of aromatic nitrogens is 1. The maximum Gasteiger partial charge on any atom is 0.138 e. The quantitative estimate of drug-likeness (QED) is 0.799. The van der Waals surface area contributed by atoms with Gasteiger partial charge in [-0.2, -0.15) is 0 Å². The van der Waals surface area contributed by atoms with E-state index in [1.807, 2.05) is 49.4 Å². The zero-order valence-electron chi connectivity index (χ0n) is 9.13. The SMILES string of the molecule is CC(Oc1ccc(N)cc1)c1ccccn1. The number of benzene rings is 1. The van der Waals surface area contributed by atoms with Crippen LogP contribution < -0.4 is 10.5 Å². The van der Waals surface area contributed by atoms with Gasteiger partial charge in [0.25, 0.3) is 0 Å². The fourth-order valence-corrected chi connectivity index (χ4v) is 1.43. The van der Waals surface area contributed by atoms with Gasteiger partial charge in [-0.15, -0.1) is 0 Å². The van der Waals surface area contributed by atoms with Gasteiger partial charge < -0.3 is 10.5 Å². The second kappa shape index (κ2) is 4.66. The molecular formula is C13H14N2O. The van der Waals surface area contributed by atoms with E-state index in [1.54, 1.807) is 6.20 Å². The molecule has 1 unspecified atom stereocenters. The van der Waals surface area contributed by atoms with Crippen LogP contribution in [-0.2, 0) is 0 Å². The monoisotopic (exact) mass is 214 g/mol. The maximum atomic E-state index is 5.74. The predicted octanol–water partition coefficient (Wildman–Crippen LogP) is 2.80. The molecule has 0 spiro atoms. The van der Waals surface area contributed by atoms with Gasteiger partial charge in [-0.05, 0) is 43.3 Å². The molecular weight excluding hydrogens is 200 g/mol. The third-order valence-electron chi connectivity index (χ3n) is 2.30. The molecule has 1 aromatic carbocycles. The smallest absolute Gasteiger partial charge is 0.138 e. The fraction of sp³-hybridized carbons (Fsp3) is 0.154. The minimum Gasteiger partial charge on any atom is -0.484 e. The van der Waals surface area contributed by atoms with Gasteiger partial charge in [0.05, 0.1) is 5.69 Å². The topological polar surface area (TPSA) is 48.1 Å². The minimum atomic E-state index is -0.0650. The van der Waals surface area contributed by atoms with Crippen molar-refractivity contribution in [3.05, 3.63) is 54.4 Å². The van der Waals surface area contributed by atoms with Gasteiger partial charge in [-0.1, -0.05) is 6.07 Å². The first-order chi connectivity index (χ1) is 7.75. The van der Waals surface area contributed by atoms with E-state index in [-0.39, 0.29) is 6.10 Å². The summed E-state index contributed by atoms with van der Waals surface area (Å²) in [7, 11) is 0. The lowest BCUT2D eigenvalue weighted by Crippen LogP contribution is -2.04. The van der Waals surface area contributed by atoms with Crippen molar-refractivity contribution < 1.29 is 4.74 Å². The Morgan fingerprint density at radius 2 is 1.88 bits per heavy atom. The Hall–Kier alpha value is -2.03. The lowest BCUT2D eigenvalue weighted by Gasteiger charge is -2.13. The molecule has 2 aromatic rings. The van der Waals surface area contributed by atoms with Gasteiger partial charge in [-0.3, -0.25) is 4.98 Å². The van der Waals surface area contributed by atoms with Crippen LogP contribution in [0.4, 0.5) is 5.69 Å². The van der Waals surface area contributed by atoms with Gasteiger partial charge in [0.2, 0.25) is 0 Å². The summed E-state index contributed by atoms with van der Waals surface area (Å²) in [5.41, 5.74) is 7.25. The van der Waals surface area contributed by atoms with Crippen LogP contribution in [0.1, 0.15) is 18.7 Å². The molecule has 3 heteroatoms. The Morgan fingerprint density at radius 3 is 2.50 bits per heavy atom. The predicted molar refractivity (Wildman–Crippen MR) is 64.1 cm³/mol. The minimum absolute atomic E-state index is 0.0650. The van der Waals surface area contributed by atoms with Crippen LogP contribution in [0.2, 0.25) is 0 Å². The Bertz CT molecular complexity index is 439. The fourth-order valence-electron chi connectivity index (χ4n) is 1.43. The summed E-state index contributed by atoms with van der Waals surface area (Å²) in [6, 6.07) is 13.1. The Balaban J connectivity index is 2.08. The standard InChI is InChI=1S/C13H14N2O/c1-10(13-4-2-3-9-15-13)16-12-7-5-11(14)6-8-12/h2-10H,14H2,1H3. The lowest BCUT2D eigenvalue weighted by atomic mass is 10.2. The summed E-state index contributed by atoms with van der Waals surface area (Å²) in [5.74, 6) is 0.798. The van der Waals surface area contributed by atoms with Gasteiger partial charge >= 0.3 is 0 Å². The number of anilines is 1. The highest BCUT2D eigenvalue weighted by molar-refractivity contribution is 5.41. The Morgan fingerprint density at radius 1 is 1.12 bits per heavy atom. The van der Waals surface area contributed by atoms with Crippen molar-refractivity contribution in [3.63, 3.8) is 0 Å². The molecule has 82 valence electrons. The van der Waals surface area contributed by atoms with E-state index in [2.05, 4.69) is 4.98 Å². The summed E-state index contributed by atoms with van der Waals surface area (Å²) < 4.78 is 5.74. The van der Waals surface area contributed by atoms with Crippen molar-refractivity contribution in [2.24, 2.45) is 0 Å². The number of ether oxygens (including phenoxy) is 1. The van der Waals surface area contributed by atoms with E-state index >= 15 is 0 Å². The van der Waals surface area contributed by atoms with Crippen LogP contribution in [0.5, 0.6) is 5.75 Å². The molecule has 0 saturated heterocycles. The summed E-state index contributed by atoms with van der Waals surface area (Å²) >= 11 is 0. The van der Waals surface area contributed by atoms with Crippen molar-refractivity contribution >= 4 is 5.69 Å². The highest BCUT2D eigenvalue weighted by atomic mass is 16.5. The van der Waals surface area contributed by atoms with E-state index < -0.39 is 0 Å². The molecule has 0 aliphatic heterocycles. The van der Waals surface area contributed by atoms with Crippen molar-refractivity contribution in [2.75, 3.05) is 5.73 Å². The number of nitrogen functional groups attached to an aromatic ring is 1. The molecule has 2 rings (SSSR count). The second-order valence-electron chi connectivity index (χ2n) is 3.58. The molecule has 3 nitrogen and oxygen atoms in total. The number of hydrogen-bond acceptors (Lipinski definition) is 3. The van der Waals surface area contributed by atoms with Crippen molar-refractivity contribution in [1.82, 2.24) is 4.98 Å². The van der Waals surface area contributed by atoms with Crippen molar-refractivity contribution in [3.8, 4) is 5.75 Å². The molecule has 0 aliphatic carbocycles. The molecule has 1 atom stereocenters. The van der Waals surface area contributed by atoms with Crippen LogP contribution in [0, 0.1) is 0 Å². The Labute approximate surface area is 94.9 Å². The van der Waals surface area contributed by atoms with Crippen LogP contribution in [0.25, 0.3) is 0 Å². The first-order valence-corrected chi connectivity index (χ1v) is 5.19. The van der Waals surface area contributed by atoms with E-state index in [1.165, 1.54) is 0 Å². The second-order valence-corrected chi connectivity index (χ2v) is 3.58. The normalized spacial score (nSPS) is 12.1. The molecule has 1 aromatic heterocycles. The van der Waals surface area contributed by atoms with E-state index in [4.69, 9.17) is 10.5 Å². The van der Waals surface area contributed by atoms with Gasteiger partial charge in [0.15, 0.2) is 0 Å². The van der Waals surface area contributed by atoms with E-state index in [0.29, 0.717) is 0 Å². The molecule has 0 radical (unpaired) electrons. The number of pyridine rings is 1. The number of hydrogen-bond donors (Lipinski definition) is 1. The van der Waals surface area contributed by atoms with Crippen molar-refractivity contribution in [2.45, 2.75) is 13.0 Å². The molecule has 0 fully saturated rings. The zero-order chi connectivity index (χ0) is 11.4. The Kier molecular flexibility index (Phi) is 3.05. The molecule has 1 heterocycles. The first kappa shape index (κ1) is 10.5. The molecule has 0 amide bonds. The highest BCUT2D eigenvalue weighted by Crippen LogP contribution is 2.20. The van der Waals surface area contributed by atoms with Crippen LogP contribution in [0.15, 0.2) is 48.7 Å². The molecule has 0 saturated carbocycles. The molecule has 0 bridgehead atoms. The van der Waals surface area contributed by atoms with E-state index in [9.17, 15) is 0 Å². The average molecular weight is 214 g/mol. The number of rotatable bonds is 3. The first-order valence-electron chi connectivity index (χ1n) is 5.19. The summed E-state index contributed by atoms with van der Waals surface area (Å²) in [4.78, 5) is 4.24. The highest BCUT2D eigenvalue weighted by Gasteiger charge is 2.07. The van der Waals surface area contributed by atoms with Gasteiger partial charge in [-0.25, -0.2) is 0 Å². The van der Waals surface area contributed by atoms with Gasteiger partial charge in [0, 0.05) is 11.9 Å². The maximum absolute atomic E-state index is 5.74. The molecule has 2 N–H and O–H groups in total. The van der Waals surface area contributed by atoms with Crippen molar-refractivity contribution in [1.29, 1.82) is 0 Å². The van der Waals surface area contributed by atoms with E-state index in [0.717, 1.165) is 17.1 Å². The van der Waals surface area contributed by atoms with Crippen LogP contribution >= 0.6 is 0 Å². The molecule has 16 heavy (non-hydrogen) atoms. The number of nitrogens with zero attached hydrogens (tertiary/aromatic N) is 1. The van der Waals surface area contributed by atoms with Gasteiger partial charge in [0.1, 0.15) is 11.9 Å². The van der Waals surface area contributed by atoms with Crippen LogP contribution in [-0.4, -0.2) is 4.98 Å². The average Bonchev–Trinajstić information content (AvgIpc) is 2.33. The third-order valence-corrected chi connectivity index (χ3v) is 2.30. The van der Waals surface area contributed by atoms with Crippen LogP contribution in [0.3, 0.4) is 0 Å². The summed E-state index contributed by atoms with van der Waals surface area (Å²) in [5, 5.41) is 0. The summed E-state index contributed by atoms with van der Waals surface area (Å²) in [6.07, 6.45) is 1.70. The number of nitrogens with two attached hydrogens (primary N) is 1. The third kappa shape index (κ3) is 2.51.